The smallest absolute Gasteiger partial charge is 0.410 e. The van der Waals surface area contributed by atoms with Crippen LogP contribution in [0.15, 0.2) is 48.7 Å². The number of carbonyl (C=O) groups excluding carboxylic acids is 2. The molecule has 0 spiro atoms. The van der Waals surface area contributed by atoms with E-state index in [0.717, 1.165) is 17.0 Å². The van der Waals surface area contributed by atoms with E-state index in [1.165, 1.54) is 4.90 Å². The minimum absolute atomic E-state index is 0.0447. The molecule has 0 radical (unpaired) electrons. The van der Waals surface area contributed by atoms with Gasteiger partial charge in [0.25, 0.3) is 0 Å². The molecule has 1 aromatic carbocycles. The quantitative estimate of drug-likeness (QED) is 0.865. The van der Waals surface area contributed by atoms with E-state index in [2.05, 4.69) is 10.3 Å². The van der Waals surface area contributed by atoms with Gasteiger partial charge in [-0.25, -0.2) is 4.79 Å². The minimum atomic E-state index is -0.654. The van der Waals surface area contributed by atoms with Crippen molar-refractivity contribution in [2.75, 3.05) is 13.7 Å². The zero-order valence-corrected chi connectivity index (χ0v) is 13.8. The van der Waals surface area contributed by atoms with Crippen molar-refractivity contribution in [1.82, 2.24) is 15.2 Å². The lowest BCUT2D eigenvalue weighted by molar-refractivity contribution is -0.125. The van der Waals surface area contributed by atoms with Gasteiger partial charge in [-0.1, -0.05) is 18.2 Å². The largest absolute Gasteiger partial charge is 0.497 e. The predicted molar refractivity (Wildman–Crippen MR) is 89.8 cm³/mol. The SMILES string of the molecule is COc1ccc(CN2C(=O)OC[C@H]2C(=O)NCc2ccccn2)cc1. The summed E-state index contributed by atoms with van der Waals surface area (Å²) in [5.41, 5.74) is 1.64. The third-order valence-corrected chi connectivity index (χ3v) is 3.96. The molecule has 1 aliphatic rings. The Kier molecular flexibility index (Phi) is 5.13. The standard InChI is InChI=1S/C18H19N3O4/c1-24-15-7-5-13(6-8-15)11-21-16(12-25-18(21)23)17(22)20-10-14-4-2-3-9-19-14/h2-9,16H,10-12H2,1H3,(H,20,22)/t16-/m0/s1. The van der Waals surface area contributed by atoms with Gasteiger partial charge in [-0.3, -0.25) is 14.7 Å². The number of nitrogens with zero attached hydrogens (tertiary/aromatic N) is 2. The first kappa shape index (κ1) is 16.8. The van der Waals surface area contributed by atoms with Crippen molar-refractivity contribution in [2.24, 2.45) is 0 Å². The lowest BCUT2D eigenvalue weighted by Gasteiger charge is -2.21. The lowest BCUT2D eigenvalue weighted by atomic mass is 10.1. The molecule has 1 aromatic heterocycles. The highest BCUT2D eigenvalue weighted by Gasteiger charge is 2.37. The summed E-state index contributed by atoms with van der Waals surface area (Å²) in [4.78, 5) is 30.0. The molecule has 1 N–H and O–H groups in total. The van der Waals surface area contributed by atoms with Crippen LogP contribution in [-0.4, -0.2) is 41.6 Å². The number of benzene rings is 1. The number of cyclic esters (lactones) is 1. The molecule has 1 fully saturated rings. The summed E-state index contributed by atoms with van der Waals surface area (Å²) in [5, 5.41) is 2.80. The van der Waals surface area contributed by atoms with Crippen molar-refractivity contribution in [2.45, 2.75) is 19.1 Å². The lowest BCUT2D eigenvalue weighted by Crippen LogP contribution is -2.45. The van der Waals surface area contributed by atoms with Crippen LogP contribution in [0, 0.1) is 0 Å². The van der Waals surface area contributed by atoms with Gasteiger partial charge in [0.1, 0.15) is 18.4 Å². The van der Waals surface area contributed by atoms with E-state index in [4.69, 9.17) is 9.47 Å². The Morgan fingerprint density at radius 3 is 2.80 bits per heavy atom. The maximum atomic E-state index is 12.4. The number of aromatic nitrogens is 1. The maximum absolute atomic E-state index is 12.4. The van der Waals surface area contributed by atoms with Crippen LogP contribution in [0.2, 0.25) is 0 Å². The number of nitrogens with one attached hydrogen (secondary N) is 1. The second-order valence-electron chi connectivity index (χ2n) is 5.61. The summed E-state index contributed by atoms with van der Waals surface area (Å²) in [6.07, 6.45) is 1.17. The number of pyridine rings is 1. The monoisotopic (exact) mass is 341 g/mol. The average Bonchev–Trinajstić information content (AvgIpc) is 3.02. The topological polar surface area (TPSA) is 80.8 Å². The van der Waals surface area contributed by atoms with Gasteiger partial charge in [0.2, 0.25) is 5.91 Å². The van der Waals surface area contributed by atoms with Gasteiger partial charge in [0.05, 0.1) is 25.9 Å². The molecule has 25 heavy (non-hydrogen) atoms. The molecule has 2 heterocycles. The molecular formula is C18H19N3O4. The summed E-state index contributed by atoms with van der Waals surface area (Å²) in [7, 11) is 1.59. The molecule has 2 amide bonds. The Labute approximate surface area is 145 Å². The Balaban J connectivity index is 1.63. The molecule has 0 unspecified atom stereocenters. The fraction of sp³-hybridized carbons (Fsp3) is 0.278. The van der Waals surface area contributed by atoms with E-state index in [9.17, 15) is 9.59 Å². The number of hydrogen-bond acceptors (Lipinski definition) is 5. The number of hydrogen-bond donors (Lipinski definition) is 1. The molecular weight excluding hydrogens is 322 g/mol. The van der Waals surface area contributed by atoms with Crippen LogP contribution in [-0.2, 0) is 22.6 Å². The van der Waals surface area contributed by atoms with Gasteiger partial charge in [0, 0.05) is 6.20 Å². The number of amides is 2. The van der Waals surface area contributed by atoms with E-state index >= 15 is 0 Å². The van der Waals surface area contributed by atoms with Crippen LogP contribution in [0.5, 0.6) is 5.75 Å². The Hall–Kier alpha value is -3.09. The minimum Gasteiger partial charge on any atom is -0.497 e. The van der Waals surface area contributed by atoms with E-state index in [1.54, 1.807) is 13.3 Å². The molecule has 7 heteroatoms. The Morgan fingerprint density at radius 2 is 2.12 bits per heavy atom. The first-order valence-corrected chi connectivity index (χ1v) is 7.91. The second-order valence-corrected chi connectivity index (χ2v) is 5.61. The van der Waals surface area contributed by atoms with Gasteiger partial charge in [-0.2, -0.15) is 0 Å². The van der Waals surface area contributed by atoms with E-state index in [0.29, 0.717) is 13.1 Å². The first-order valence-electron chi connectivity index (χ1n) is 7.91. The van der Waals surface area contributed by atoms with Crippen LogP contribution in [0.25, 0.3) is 0 Å². The highest BCUT2D eigenvalue weighted by atomic mass is 16.6. The molecule has 1 atom stereocenters. The number of carbonyl (C=O) groups is 2. The van der Waals surface area contributed by atoms with Crippen molar-refractivity contribution >= 4 is 12.0 Å². The summed E-state index contributed by atoms with van der Waals surface area (Å²) in [6.45, 7) is 0.647. The summed E-state index contributed by atoms with van der Waals surface area (Å²) >= 11 is 0. The molecule has 2 aromatic rings. The van der Waals surface area contributed by atoms with Crippen LogP contribution in [0.1, 0.15) is 11.3 Å². The second kappa shape index (κ2) is 7.65. The summed E-state index contributed by atoms with van der Waals surface area (Å²) in [6, 6.07) is 12.2. The van der Waals surface area contributed by atoms with Gasteiger partial charge >= 0.3 is 6.09 Å². The number of rotatable bonds is 6. The van der Waals surface area contributed by atoms with Crippen molar-refractivity contribution in [3.63, 3.8) is 0 Å². The zero-order valence-electron chi connectivity index (χ0n) is 13.8. The third-order valence-electron chi connectivity index (χ3n) is 3.96. The third kappa shape index (κ3) is 4.06. The van der Waals surface area contributed by atoms with Crippen LogP contribution in [0.4, 0.5) is 4.79 Å². The van der Waals surface area contributed by atoms with Crippen molar-refractivity contribution < 1.29 is 19.1 Å². The molecule has 0 bridgehead atoms. The van der Waals surface area contributed by atoms with Crippen molar-refractivity contribution in [3.8, 4) is 5.75 Å². The van der Waals surface area contributed by atoms with Gasteiger partial charge in [-0.05, 0) is 29.8 Å². The van der Waals surface area contributed by atoms with Gasteiger partial charge in [0.15, 0.2) is 0 Å². The van der Waals surface area contributed by atoms with E-state index < -0.39 is 12.1 Å². The van der Waals surface area contributed by atoms with E-state index in [1.807, 2.05) is 42.5 Å². The van der Waals surface area contributed by atoms with Gasteiger partial charge in [-0.15, -0.1) is 0 Å². The molecule has 1 aliphatic heterocycles. The predicted octanol–water partition coefficient (Wildman–Crippen LogP) is 1.73. The number of ether oxygens (including phenoxy) is 2. The average molecular weight is 341 g/mol. The molecule has 0 aliphatic carbocycles. The van der Waals surface area contributed by atoms with Crippen LogP contribution in [0.3, 0.4) is 0 Å². The van der Waals surface area contributed by atoms with E-state index in [-0.39, 0.29) is 12.5 Å². The van der Waals surface area contributed by atoms with Crippen molar-refractivity contribution in [1.29, 1.82) is 0 Å². The fourth-order valence-corrected chi connectivity index (χ4v) is 2.57. The molecule has 130 valence electrons. The zero-order chi connectivity index (χ0) is 17.6. The van der Waals surface area contributed by atoms with Crippen molar-refractivity contribution in [3.05, 3.63) is 59.9 Å². The molecule has 0 saturated carbocycles. The molecule has 7 nitrogen and oxygen atoms in total. The summed E-state index contributed by atoms with van der Waals surface area (Å²) in [5.74, 6) is 0.474. The highest BCUT2D eigenvalue weighted by Crippen LogP contribution is 2.19. The normalized spacial score (nSPS) is 16.4. The summed E-state index contributed by atoms with van der Waals surface area (Å²) < 4.78 is 10.2. The fourth-order valence-electron chi connectivity index (χ4n) is 2.57. The van der Waals surface area contributed by atoms with Crippen LogP contribution >= 0.6 is 0 Å². The number of methoxy groups -OCH3 is 1. The first-order chi connectivity index (χ1) is 12.2. The molecule has 1 saturated heterocycles. The molecule has 3 rings (SSSR count). The Bertz CT molecular complexity index is 734. The van der Waals surface area contributed by atoms with Gasteiger partial charge < -0.3 is 14.8 Å². The maximum Gasteiger partial charge on any atom is 0.410 e. The Morgan fingerprint density at radius 1 is 1.32 bits per heavy atom. The highest BCUT2D eigenvalue weighted by molar-refractivity contribution is 5.87. The van der Waals surface area contributed by atoms with Crippen LogP contribution < -0.4 is 10.1 Å².